The number of nitrogens with two attached hydrogens (primary N) is 1. The van der Waals surface area contributed by atoms with E-state index < -0.39 is 0 Å². The third-order valence-corrected chi connectivity index (χ3v) is 4.10. The highest BCUT2D eigenvalue weighted by Gasteiger charge is 2.11. The van der Waals surface area contributed by atoms with Gasteiger partial charge in [0.25, 0.3) is 0 Å². The van der Waals surface area contributed by atoms with Crippen LogP contribution < -0.4 is 11.1 Å². The van der Waals surface area contributed by atoms with Crippen LogP contribution in [0.3, 0.4) is 0 Å². The van der Waals surface area contributed by atoms with Crippen LogP contribution in [-0.2, 0) is 0 Å². The molecule has 0 amide bonds. The van der Waals surface area contributed by atoms with Crippen molar-refractivity contribution in [2.45, 2.75) is 33.7 Å². The zero-order chi connectivity index (χ0) is 12.3. The van der Waals surface area contributed by atoms with Gasteiger partial charge in [-0.2, -0.15) is 0 Å². The van der Waals surface area contributed by atoms with Crippen molar-refractivity contribution in [1.29, 1.82) is 0 Å². The highest BCUT2D eigenvalue weighted by atomic mass is 79.9. The number of aryl methyl sites for hydroxylation is 2. The SMILES string of the molecule is Cc1cc(NC(CN)C(C)C)cc(C)c1Br. The van der Waals surface area contributed by atoms with Crippen molar-refractivity contribution in [3.05, 3.63) is 27.7 Å². The zero-order valence-electron chi connectivity index (χ0n) is 10.5. The molecule has 0 heterocycles. The molecule has 0 fully saturated rings. The van der Waals surface area contributed by atoms with Crippen LogP contribution >= 0.6 is 15.9 Å². The predicted octanol–water partition coefficient (Wildman–Crippen LogP) is 3.46. The highest BCUT2D eigenvalue weighted by molar-refractivity contribution is 9.10. The Labute approximate surface area is 107 Å². The molecular weight excluding hydrogens is 264 g/mol. The summed E-state index contributed by atoms with van der Waals surface area (Å²) in [5.74, 6) is 0.536. The van der Waals surface area contributed by atoms with Crippen molar-refractivity contribution in [2.75, 3.05) is 11.9 Å². The lowest BCUT2D eigenvalue weighted by atomic mass is 10.0. The normalized spacial score (nSPS) is 12.9. The maximum absolute atomic E-state index is 5.76. The van der Waals surface area contributed by atoms with E-state index in [0.717, 1.165) is 5.69 Å². The topological polar surface area (TPSA) is 38.0 Å². The van der Waals surface area contributed by atoms with Crippen molar-refractivity contribution in [2.24, 2.45) is 11.7 Å². The average Bonchev–Trinajstić information content (AvgIpc) is 2.21. The van der Waals surface area contributed by atoms with Gasteiger partial charge in [0.1, 0.15) is 0 Å². The monoisotopic (exact) mass is 284 g/mol. The van der Waals surface area contributed by atoms with E-state index in [2.05, 4.69) is 61.1 Å². The van der Waals surface area contributed by atoms with Gasteiger partial charge in [0.2, 0.25) is 0 Å². The summed E-state index contributed by atoms with van der Waals surface area (Å²) in [6, 6.07) is 4.64. The summed E-state index contributed by atoms with van der Waals surface area (Å²) in [4.78, 5) is 0. The first-order valence-electron chi connectivity index (χ1n) is 5.69. The Morgan fingerprint density at radius 1 is 1.25 bits per heavy atom. The van der Waals surface area contributed by atoms with Crippen molar-refractivity contribution in [3.63, 3.8) is 0 Å². The van der Waals surface area contributed by atoms with Crippen molar-refractivity contribution in [1.82, 2.24) is 0 Å². The second kappa shape index (κ2) is 5.69. The van der Waals surface area contributed by atoms with E-state index in [1.54, 1.807) is 0 Å². The van der Waals surface area contributed by atoms with Gasteiger partial charge in [-0.25, -0.2) is 0 Å². The van der Waals surface area contributed by atoms with Gasteiger partial charge >= 0.3 is 0 Å². The van der Waals surface area contributed by atoms with E-state index in [9.17, 15) is 0 Å². The molecule has 3 N–H and O–H groups in total. The molecule has 1 aromatic rings. The summed E-state index contributed by atoms with van der Waals surface area (Å²) in [5.41, 5.74) is 9.41. The first-order chi connectivity index (χ1) is 7.45. The van der Waals surface area contributed by atoms with E-state index in [-0.39, 0.29) is 0 Å². The minimum Gasteiger partial charge on any atom is -0.381 e. The van der Waals surface area contributed by atoms with Crippen LogP contribution in [-0.4, -0.2) is 12.6 Å². The molecule has 1 atom stereocenters. The minimum atomic E-state index is 0.333. The van der Waals surface area contributed by atoms with Gasteiger partial charge in [-0.3, -0.25) is 0 Å². The molecule has 0 spiro atoms. The summed E-state index contributed by atoms with van der Waals surface area (Å²) in [6.07, 6.45) is 0. The highest BCUT2D eigenvalue weighted by Crippen LogP contribution is 2.25. The Balaban J connectivity index is 2.89. The quantitative estimate of drug-likeness (QED) is 0.889. The van der Waals surface area contributed by atoms with E-state index in [0.29, 0.717) is 18.5 Å². The number of benzene rings is 1. The number of rotatable bonds is 4. The molecule has 1 rings (SSSR count). The molecule has 16 heavy (non-hydrogen) atoms. The molecule has 0 aromatic heterocycles. The van der Waals surface area contributed by atoms with Crippen LogP contribution in [0.2, 0.25) is 0 Å². The molecule has 0 aliphatic heterocycles. The standard InChI is InChI=1S/C13H21BrN2/c1-8(2)12(7-15)16-11-5-9(3)13(14)10(4)6-11/h5-6,8,12,16H,7,15H2,1-4H3. The summed E-state index contributed by atoms with van der Waals surface area (Å²) in [5, 5.41) is 3.49. The molecule has 1 unspecified atom stereocenters. The maximum atomic E-state index is 5.76. The van der Waals surface area contributed by atoms with Crippen molar-refractivity contribution >= 4 is 21.6 Å². The van der Waals surface area contributed by atoms with Gasteiger partial charge in [-0.15, -0.1) is 0 Å². The Morgan fingerprint density at radius 2 is 1.75 bits per heavy atom. The summed E-state index contributed by atoms with van der Waals surface area (Å²) in [7, 11) is 0. The number of nitrogens with one attached hydrogen (secondary N) is 1. The fraction of sp³-hybridized carbons (Fsp3) is 0.538. The Morgan fingerprint density at radius 3 is 2.12 bits per heavy atom. The third kappa shape index (κ3) is 3.22. The Hall–Kier alpha value is -0.540. The summed E-state index contributed by atoms with van der Waals surface area (Å²) < 4.78 is 1.19. The van der Waals surface area contributed by atoms with Gasteiger partial charge in [0.05, 0.1) is 0 Å². The molecule has 1 aromatic carbocycles. The fourth-order valence-corrected chi connectivity index (χ4v) is 1.97. The molecule has 0 saturated heterocycles. The minimum absolute atomic E-state index is 0.333. The summed E-state index contributed by atoms with van der Waals surface area (Å²) >= 11 is 3.57. The lowest BCUT2D eigenvalue weighted by Crippen LogP contribution is -2.33. The Kier molecular flexibility index (Phi) is 4.81. The Bertz CT molecular complexity index is 338. The van der Waals surface area contributed by atoms with E-state index >= 15 is 0 Å². The second-order valence-corrected chi connectivity index (χ2v) is 5.45. The lowest BCUT2D eigenvalue weighted by Gasteiger charge is -2.22. The van der Waals surface area contributed by atoms with E-state index in [1.165, 1.54) is 15.6 Å². The summed E-state index contributed by atoms with van der Waals surface area (Å²) in [6.45, 7) is 9.24. The van der Waals surface area contributed by atoms with Crippen LogP contribution in [0.25, 0.3) is 0 Å². The van der Waals surface area contributed by atoms with Gasteiger partial charge in [-0.1, -0.05) is 29.8 Å². The molecular formula is C13H21BrN2. The fourth-order valence-electron chi connectivity index (χ4n) is 1.74. The zero-order valence-corrected chi connectivity index (χ0v) is 12.1. The van der Waals surface area contributed by atoms with Crippen molar-refractivity contribution < 1.29 is 0 Å². The molecule has 2 nitrogen and oxygen atoms in total. The second-order valence-electron chi connectivity index (χ2n) is 4.65. The molecule has 0 aliphatic carbocycles. The first-order valence-corrected chi connectivity index (χ1v) is 6.48. The molecule has 0 radical (unpaired) electrons. The van der Waals surface area contributed by atoms with Gasteiger partial charge in [-0.05, 0) is 43.0 Å². The molecule has 90 valence electrons. The van der Waals surface area contributed by atoms with Crippen LogP contribution in [0, 0.1) is 19.8 Å². The molecule has 3 heteroatoms. The number of halogens is 1. The van der Waals surface area contributed by atoms with Crippen LogP contribution in [0.4, 0.5) is 5.69 Å². The average molecular weight is 285 g/mol. The largest absolute Gasteiger partial charge is 0.381 e. The van der Waals surface area contributed by atoms with Gasteiger partial charge < -0.3 is 11.1 Å². The van der Waals surface area contributed by atoms with Crippen LogP contribution in [0.1, 0.15) is 25.0 Å². The lowest BCUT2D eigenvalue weighted by molar-refractivity contribution is 0.531. The van der Waals surface area contributed by atoms with Crippen LogP contribution in [0.5, 0.6) is 0 Å². The smallest absolute Gasteiger partial charge is 0.0406 e. The molecule has 0 aliphatic rings. The molecule has 0 bridgehead atoms. The number of anilines is 1. The number of hydrogen-bond acceptors (Lipinski definition) is 2. The van der Waals surface area contributed by atoms with E-state index in [4.69, 9.17) is 5.73 Å². The molecule has 0 saturated carbocycles. The van der Waals surface area contributed by atoms with Crippen LogP contribution in [0.15, 0.2) is 16.6 Å². The van der Waals surface area contributed by atoms with Gasteiger partial charge in [0.15, 0.2) is 0 Å². The predicted molar refractivity (Wildman–Crippen MR) is 74.9 cm³/mol. The first kappa shape index (κ1) is 13.5. The number of hydrogen-bond donors (Lipinski definition) is 2. The van der Waals surface area contributed by atoms with Crippen molar-refractivity contribution in [3.8, 4) is 0 Å². The third-order valence-electron chi connectivity index (χ3n) is 2.85. The van der Waals surface area contributed by atoms with E-state index in [1.807, 2.05) is 0 Å². The maximum Gasteiger partial charge on any atom is 0.0406 e. The van der Waals surface area contributed by atoms with Gasteiger partial charge in [0, 0.05) is 22.7 Å².